The highest BCUT2D eigenvalue weighted by molar-refractivity contribution is 9.10. The van der Waals surface area contributed by atoms with Gasteiger partial charge in [0.2, 0.25) is 0 Å². The number of thioether (sulfide) groups is 1. The van der Waals surface area contributed by atoms with E-state index >= 15 is 0 Å². The molecule has 0 saturated heterocycles. The summed E-state index contributed by atoms with van der Waals surface area (Å²) < 4.78 is 2.73. The van der Waals surface area contributed by atoms with Gasteiger partial charge in [-0.1, -0.05) is 64.1 Å². The van der Waals surface area contributed by atoms with E-state index in [4.69, 9.17) is 0 Å². The second kappa shape index (κ2) is 11.7. The normalized spacial score (nSPS) is 11.9. The Labute approximate surface area is 215 Å². The molecule has 0 bridgehead atoms. The zero-order valence-corrected chi connectivity index (χ0v) is 21.2. The monoisotopic (exact) mass is 550 g/mol. The number of carbonyl (C=O) groups excluding carboxylic acids is 1. The van der Waals surface area contributed by atoms with Crippen LogP contribution in [0.3, 0.4) is 0 Å². The number of amides is 1. The number of nitrogens with zero attached hydrogens (tertiary/aromatic N) is 4. The number of para-hydroxylation sites is 2. The second-order valence-electron chi connectivity index (χ2n) is 7.49. The second-order valence-corrected chi connectivity index (χ2v) is 9.71. The molecule has 0 aliphatic carbocycles. The quantitative estimate of drug-likeness (QED) is 0.154. The van der Waals surface area contributed by atoms with Gasteiger partial charge in [-0.2, -0.15) is 5.10 Å². The topological polar surface area (TPSA) is 104 Å². The average Bonchev–Trinajstić information content (AvgIpc) is 3.28. The van der Waals surface area contributed by atoms with Gasteiger partial charge in [0.25, 0.3) is 5.91 Å². The standard InChI is InChI=1S/C25H23BrN6O2S/c1-17(24(34)30-28-15-18-14-19(26)12-13-22(18)33)35-25-31-29-23(16-27-20-8-4-2-5-9-20)32(25)21-10-6-3-7-11-21/h2-15,17,27,33H,16H2,1H3,(H,30,34)/b28-15-/t17-/m0/s1. The first-order valence-corrected chi connectivity index (χ1v) is 12.5. The molecular weight excluding hydrogens is 528 g/mol. The maximum atomic E-state index is 12.7. The number of hydrazone groups is 1. The zero-order chi connectivity index (χ0) is 24.6. The number of hydrogen-bond donors (Lipinski definition) is 3. The third kappa shape index (κ3) is 6.49. The van der Waals surface area contributed by atoms with Gasteiger partial charge < -0.3 is 10.4 Å². The van der Waals surface area contributed by atoms with E-state index in [1.165, 1.54) is 18.0 Å². The first kappa shape index (κ1) is 24.5. The van der Waals surface area contributed by atoms with Crippen LogP contribution in [0.25, 0.3) is 5.69 Å². The number of hydrogen-bond acceptors (Lipinski definition) is 7. The molecule has 0 fully saturated rings. The number of benzene rings is 3. The van der Waals surface area contributed by atoms with E-state index in [0.29, 0.717) is 17.3 Å². The minimum Gasteiger partial charge on any atom is -0.507 e. The fourth-order valence-electron chi connectivity index (χ4n) is 3.16. The summed E-state index contributed by atoms with van der Waals surface area (Å²) in [7, 11) is 0. The number of phenolic OH excluding ortho intramolecular Hbond substituents is 1. The minimum atomic E-state index is -0.496. The summed E-state index contributed by atoms with van der Waals surface area (Å²) in [4.78, 5) is 12.7. The zero-order valence-electron chi connectivity index (χ0n) is 18.8. The Morgan fingerprint density at radius 3 is 2.57 bits per heavy atom. The Balaban J connectivity index is 1.47. The summed E-state index contributed by atoms with van der Waals surface area (Å²) in [6.45, 7) is 2.24. The molecule has 1 heterocycles. The van der Waals surface area contributed by atoms with Crippen molar-refractivity contribution in [2.45, 2.75) is 23.9 Å². The van der Waals surface area contributed by atoms with E-state index in [0.717, 1.165) is 21.7 Å². The van der Waals surface area contributed by atoms with Crippen LogP contribution in [0.1, 0.15) is 18.3 Å². The number of nitrogens with one attached hydrogen (secondary N) is 2. The Morgan fingerprint density at radius 2 is 1.83 bits per heavy atom. The molecule has 3 aromatic carbocycles. The van der Waals surface area contributed by atoms with Crippen LogP contribution < -0.4 is 10.7 Å². The lowest BCUT2D eigenvalue weighted by Gasteiger charge is -2.13. The molecule has 1 atom stereocenters. The van der Waals surface area contributed by atoms with Crippen molar-refractivity contribution in [1.29, 1.82) is 0 Å². The van der Waals surface area contributed by atoms with Crippen molar-refractivity contribution in [2.24, 2.45) is 5.10 Å². The third-order valence-corrected chi connectivity index (χ3v) is 6.49. The maximum Gasteiger partial charge on any atom is 0.253 e. The molecule has 10 heteroatoms. The van der Waals surface area contributed by atoms with E-state index in [1.54, 1.807) is 25.1 Å². The number of aromatic hydroxyl groups is 1. The van der Waals surface area contributed by atoms with Gasteiger partial charge in [0, 0.05) is 21.4 Å². The molecule has 0 unspecified atom stereocenters. The predicted molar refractivity (Wildman–Crippen MR) is 142 cm³/mol. The summed E-state index contributed by atoms with van der Waals surface area (Å²) in [5.41, 5.74) is 4.89. The van der Waals surface area contributed by atoms with Gasteiger partial charge in [0.05, 0.1) is 18.0 Å². The molecule has 0 aliphatic heterocycles. The van der Waals surface area contributed by atoms with Crippen LogP contribution in [-0.2, 0) is 11.3 Å². The summed E-state index contributed by atoms with van der Waals surface area (Å²) >= 11 is 4.63. The molecule has 0 saturated carbocycles. The van der Waals surface area contributed by atoms with Crippen LogP contribution in [0.5, 0.6) is 5.75 Å². The Hall–Kier alpha value is -3.63. The largest absolute Gasteiger partial charge is 0.507 e. The lowest BCUT2D eigenvalue weighted by molar-refractivity contribution is -0.120. The third-order valence-electron chi connectivity index (χ3n) is 4.96. The summed E-state index contributed by atoms with van der Waals surface area (Å²) in [5, 5.41) is 26.1. The van der Waals surface area contributed by atoms with Gasteiger partial charge >= 0.3 is 0 Å². The van der Waals surface area contributed by atoms with E-state index in [1.807, 2.05) is 65.2 Å². The minimum absolute atomic E-state index is 0.0706. The molecule has 4 aromatic rings. The molecule has 35 heavy (non-hydrogen) atoms. The highest BCUT2D eigenvalue weighted by Crippen LogP contribution is 2.26. The Morgan fingerprint density at radius 1 is 1.11 bits per heavy atom. The molecule has 1 amide bonds. The van der Waals surface area contributed by atoms with E-state index in [2.05, 4.69) is 42.0 Å². The predicted octanol–water partition coefficient (Wildman–Crippen LogP) is 4.98. The number of anilines is 1. The number of aromatic nitrogens is 3. The van der Waals surface area contributed by atoms with Crippen molar-refractivity contribution < 1.29 is 9.90 Å². The molecule has 0 spiro atoms. The Bertz CT molecular complexity index is 1310. The smallest absolute Gasteiger partial charge is 0.253 e. The molecule has 0 aliphatic rings. The van der Waals surface area contributed by atoms with E-state index < -0.39 is 5.25 Å². The maximum absolute atomic E-state index is 12.7. The van der Waals surface area contributed by atoms with Crippen LogP contribution in [0, 0.1) is 0 Å². The van der Waals surface area contributed by atoms with Crippen LogP contribution >= 0.6 is 27.7 Å². The van der Waals surface area contributed by atoms with Gasteiger partial charge in [0.1, 0.15) is 5.75 Å². The van der Waals surface area contributed by atoms with Crippen molar-refractivity contribution in [2.75, 3.05) is 5.32 Å². The number of phenols is 1. The fourth-order valence-corrected chi connectivity index (χ4v) is 4.42. The first-order valence-electron chi connectivity index (χ1n) is 10.8. The molecule has 4 rings (SSSR count). The lowest BCUT2D eigenvalue weighted by Crippen LogP contribution is -2.27. The fraction of sp³-hybridized carbons (Fsp3) is 0.120. The van der Waals surface area contributed by atoms with Gasteiger partial charge in [0.15, 0.2) is 11.0 Å². The van der Waals surface area contributed by atoms with Gasteiger partial charge in [-0.3, -0.25) is 9.36 Å². The van der Waals surface area contributed by atoms with E-state index in [-0.39, 0.29) is 11.7 Å². The highest BCUT2D eigenvalue weighted by atomic mass is 79.9. The van der Waals surface area contributed by atoms with Crippen LogP contribution in [0.2, 0.25) is 0 Å². The van der Waals surface area contributed by atoms with Gasteiger partial charge in [-0.25, -0.2) is 5.43 Å². The van der Waals surface area contributed by atoms with Crippen molar-refractivity contribution >= 4 is 45.5 Å². The van der Waals surface area contributed by atoms with Crippen molar-refractivity contribution in [3.05, 3.63) is 94.7 Å². The number of halogens is 1. The lowest BCUT2D eigenvalue weighted by atomic mass is 10.2. The van der Waals surface area contributed by atoms with Crippen LogP contribution in [0.4, 0.5) is 5.69 Å². The first-order chi connectivity index (χ1) is 17.0. The van der Waals surface area contributed by atoms with Crippen molar-refractivity contribution in [3.63, 3.8) is 0 Å². The highest BCUT2D eigenvalue weighted by Gasteiger charge is 2.21. The SMILES string of the molecule is C[C@H](Sc1nnc(CNc2ccccc2)n1-c1ccccc1)C(=O)N/N=C\c1cc(Br)ccc1O. The van der Waals surface area contributed by atoms with Gasteiger partial charge in [-0.05, 0) is 49.4 Å². The Kier molecular flexibility index (Phi) is 8.17. The molecule has 0 radical (unpaired) electrons. The molecule has 8 nitrogen and oxygen atoms in total. The summed E-state index contributed by atoms with van der Waals surface area (Å²) in [5.74, 6) is 0.492. The molecule has 1 aromatic heterocycles. The molecule has 3 N–H and O–H groups in total. The molecular formula is C25H23BrN6O2S. The molecule has 178 valence electrons. The van der Waals surface area contributed by atoms with Gasteiger partial charge in [-0.15, -0.1) is 10.2 Å². The average molecular weight is 551 g/mol. The van der Waals surface area contributed by atoms with Crippen LogP contribution in [0.15, 0.2) is 93.6 Å². The summed E-state index contributed by atoms with van der Waals surface area (Å²) in [6, 6.07) is 24.6. The number of rotatable bonds is 9. The number of carbonyl (C=O) groups is 1. The summed E-state index contributed by atoms with van der Waals surface area (Å²) in [6.07, 6.45) is 1.40. The van der Waals surface area contributed by atoms with Crippen molar-refractivity contribution in [3.8, 4) is 11.4 Å². The van der Waals surface area contributed by atoms with E-state index in [9.17, 15) is 9.90 Å². The van der Waals surface area contributed by atoms with Crippen LogP contribution in [-0.4, -0.2) is 37.2 Å². The van der Waals surface area contributed by atoms with Crippen molar-refractivity contribution in [1.82, 2.24) is 20.2 Å².